The van der Waals surface area contributed by atoms with Gasteiger partial charge in [-0.05, 0) is 48.6 Å². The predicted molar refractivity (Wildman–Crippen MR) is 85.4 cm³/mol. The summed E-state index contributed by atoms with van der Waals surface area (Å²) in [5.74, 6) is 0. The van der Waals surface area contributed by atoms with Gasteiger partial charge in [-0.15, -0.1) is 0 Å². The van der Waals surface area contributed by atoms with Crippen LogP contribution in [-0.4, -0.2) is 36.1 Å². The van der Waals surface area contributed by atoms with E-state index in [0.29, 0.717) is 0 Å². The molecule has 1 aromatic carbocycles. The van der Waals surface area contributed by atoms with E-state index in [1.54, 1.807) is 12.1 Å². The summed E-state index contributed by atoms with van der Waals surface area (Å²) in [4.78, 5) is 12.7. The molecule has 3 rings (SSSR count). The van der Waals surface area contributed by atoms with Crippen LogP contribution in [0.4, 0.5) is 5.69 Å². The van der Waals surface area contributed by atoms with Crippen LogP contribution in [0.25, 0.3) is 6.08 Å². The highest BCUT2D eigenvalue weighted by Crippen LogP contribution is 2.29. The number of nitrogens with zero attached hydrogens (tertiary/aromatic N) is 2. The van der Waals surface area contributed by atoms with Gasteiger partial charge in [-0.2, -0.15) is 0 Å². The molecule has 0 radical (unpaired) electrons. The maximum Gasteiger partial charge on any atom is 0.269 e. The van der Waals surface area contributed by atoms with Crippen LogP contribution < -0.4 is 0 Å². The third kappa shape index (κ3) is 3.36. The van der Waals surface area contributed by atoms with E-state index in [0.717, 1.165) is 51.1 Å². The van der Waals surface area contributed by atoms with E-state index in [1.807, 2.05) is 12.1 Å². The minimum atomic E-state index is -0.364. The van der Waals surface area contributed by atoms with Crippen LogP contribution in [0.3, 0.4) is 0 Å². The second-order valence-corrected chi connectivity index (χ2v) is 5.60. The van der Waals surface area contributed by atoms with Crippen LogP contribution in [0.15, 0.2) is 41.6 Å². The number of hydrogen-bond acceptors (Lipinski definition) is 4. The summed E-state index contributed by atoms with van der Waals surface area (Å²) in [5.41, 5.74) is 3.78. The third-order valence-corrected chi connectivity index (χ3v) is 4.11. The molecule has 1 heterocycles. The Kier molecular flexibility index (Phi) is 4.53. The number of non-ortho nitro benzene ring substituents is 1. The molecule has 1 fully saturated rings. The van der Waals surface area contributed by atoms with Crippen molar-refractivity contribution < 1.29 is 9.66 Å². The number of allylic oxidation sites excluding steroid dienone is 2. The van der Waals surface area contributed by atoms with Gasteiger partial charge >= 0.3 is 0 Å². The average molecular weight is 300 g/mol. The summed E-state index contributed by atoms with van der Waals surface area (Å²) in [5, 5.41) is 10.7. The van der Waals surface area contributed by atoms with Gasteiger partial charge in [0.15, 0.2) is 0 Å². The first-order valence-corrected chi connectivity index (χ1v) is 7.72. The van der Waals surface area contributed by atoms with Gasteiger partial charge in [-0.1, -0.05) is 6.08 Å². The lowest BCUT2D eigenvalue weighted by molar-refractivity contribution is -0.384. The normalized spacial score (nSPS) is 20.8. The molecule has 1 aliphatic heterocycles. The van der Waals surface area contributed by atoms with Crippen molar-refractivity contribution >= 4 is 11.8 Å². The molecule has 2 aliphatic rings. The number of ether oxygens (including phenoxy) is 1. The Bertz CT molecular complexity index is 599. The number of rotatable bonds is 3. The molecule has 1 aromatic rings. The van der Waals surface area contributed by atoms with Crippen LogP contribution in [0.1, 0.15) is 24.8 Å². The number of benzene rings is 1. The van der Waals surface area contributed by atoms with Crippen LogP contribution in [0, 0.1) is 10.1 Å². The van der Waals surface area contributed by atoms with Crippen molar-refractivity contribution in [2.75, 3.05) is 26.3 Å². The second kappa shape index (κ2) is 6.75. The zero-order chi connectivity index (χ0) is 15.4. The summed E-state index contributed by atoms with van der Waals surface area (Å²) in [7, 11) is 0. The molecule has 22 heavy (non-hydrogen) atoms. The first-order chi connectivity index (χ1) is 10.7. The zero-order valence-corrected chi connectivity index (χ0v) is 12.5. The largest absolute Gasteiger partial charge is 0.378 e. The van der Waals surface area contributed by atoms with Gasteiger partial charge in [0.2, 0.25) is 0 Å². The topological polar surface area (TPSA) is 55.6 Å². The van der Waals surface area contributed by atoms with E-state index < -0.39 is 0 Å². The van der Waals surface area contributed by atoms with Gasteiger partial charge in [0.25, 0.3) is 5.69 Å². The smallest absolute Gasteiger partial charge is 0.269 e. The van der Waals surface area contributed by atoms with Crippen LogP contribution >= 0.6 is 0 Å². The molecular formula is C17H20N2O3. The highest BCUT2D eigenvalue weighted by atomic mass is 16.6. The minimum absolute atomic E-state index is 0.134. The number of hydrogen-bond donors (Lipinski definition) is 0. The fourth-order valence-corrected chi connectivity index (χ4v) is 2.97. The highest BCUT2D eigenvalue weighted by molar-refractivity contribution is 5.60. The summed E-state index contributed by atoms with van der Waals surface area (Å²) < 4.78 is 5.43. The zero-order valence-electron chi connectivity index (χ0n) is 12.5. The quantitative estimate of drug-likeness (QED) is 0.634. The number of nitro benzene ring substituents is 1. The second-order valence-electron chi connectivity index (χ2n) is 5.60. The van der Waals surface area contributed by atoms with E-state index >= 15 is 0 Å². The van der Waals surface area contributed by atoms with Gasteiger partial charge in [0.1, 0.15) is 0 Å². The Morgan fingerprint density at radius 3 is 2.59 bits per heavy atom. The third-order valence-electron chi connectivity index (χ3n) is 4.11. The standard InChI is InChI=1S/C17H20N2O3/c20-19(21)16-7-5-14(6-8-16)13-15-3-1-2-4-17(15)18-9-11-22-12-10-18/h4-8,13H,1-3,9-12H2/b15-13+. The van der Waals surface area contributed by atoms with Crippen molar-refractivity contribution in [3.05, 3.63) is 57.3 Å². The van der Waals surface area contributed by atoms with E-state index in [-0.39, 0.29) is 10.6 Å². The van der Waals surface area contributed by atoms with E-state index in [2.05, 4.69) is 17.1 Å². The van der Waals surface area contributed by atoms with E-state index in [1.165, 1.54) is 11.3 Å². The monoisotopic (exact) mass is 300 g/mol. The fourth-order valence-electron chi connectivity index (χ4n) is 2.97. The Morgan fingerprint density at radius 1 is 1.18 bits per heavy atom. The molecule has 0 bridgehead atoms. The molecule has 1 saturated heterocycles. The Labute approximate surface area is 130 Å². The lowest BCUT2D eigenvalue weighted by Crippen LogP contribution is -2.36. The molecule has 0 saturated carbocycles. The van der Waals surface area contributed by atoms with E-state index in [4.69, 9.17) is 4.74 Å². The van der Waals surface area contributed by atoms with Crippen molar-refractivity contribution in [1.29, 1.82) is 0 Å². The molecule has 5 heteroatoms. The Balaban J connectivity index is 1.82. The summed E-state index contributed by atoms with van der Waals surface area (Å²) in [6.07, 6.45) is 7.80. The van der Waals surface area contributed by atoms with Gasteiger partial charge in [0.05, 0.1) is 18.1 Å². The molecule has 0 spiro atoms. The maximum atomic E-state index is 10.7. The molecule has 116 valence electrons. The molecule has 0 aromatic heterocycles. The van der Waals surface area contributed by atoms with Crippen molar-refractivity contribution in [2.24, 2.45) is 0 Å². The lowest BCUT2D eigenvalue weighted by atomic mass is 9.95. The van der Waals surface area contributed by atoms with E-state index in [9.17, 15) is 10.1 Å². The molecular weight excluding hydrogens is 280 g/mol. The lowest BCUT2D eigenvalue weighted by Gasteiger charge is -2.34. The molecule has 0 atom stereocenters. The SMILES string of the molecule is O=[N+]([O-])c1ccc(/C=C2\CCCC=C2N2CCOCC2)cc1. The predicted octanol–water partition coefficient (Wildman–Crippen LogP) is 3.38. The van der Waals surface area contributed by atoms with Crippen LogP contribution in [0.2, 0.25) is 0 Å². The number of morpholine rings is 1. The highest BCUT2D eigenvalue weighted by Gasteiger charge is 2.19. The average Bonchev–Trinajstić information content (AvgIpc) is 2.57. The Hall–Kier alpha value is -2.14. The Morgan fingerprint density at radius 2 is 1.91 bits per heavy atom. The molecule has 5 nitrogen and oxygen atoms in total. The summed E-state index contributed by atoms with van der Waals surface area (Å²) in [6, 6.07) is 6.76. The van der Waals surface area contributed by atoms with Crippen molar-refractivity contribution in [1.82, 2.24) is 4.90 Å². The fraction of sp³-hybridized carbons (Fsp3) is 0.412. The van der Waals surface area contributed by atoms with Gasteiger partial charge in [-0.3, -0.25) is 10.1 Å². The van der Waals surface area contributed by atoms with Crippen molar-refractivity contribution in [2.45, 2.75) is 19.3 Å². The van der Waals surface area contributed by atoms with Crippen LogP contribution in [-0.2, 0) is 4.74 Å². The first kappa shape index (κ1) is 14.8. The number of nitro groups is 1. The maximum absolute atomic E-state index is 10.7. The van der Waals surface area contributed by atoms with Crippen molar-refractivity contribution in [3.63, 3.8) is 0 Å². The molecule has 0 unspecified atom stereocenters. The molecule has 0 N–H and O–H groups in total. The van der Waals surface area contributed by atoms with Crippen molar-refractivity contribution in [3.8, 4) is 0 Å². The molecule has 1 aliphatic carbocycles. The molecule has 0 amide bonds. The summed E-state index contributed by atoms with van der Waals surface area (Å²) in [6.45, 7) is 3.43. The van der Waals surface area contributed by atoms with Gasteiger partial charge in [0, 0.05) is 30.9 Å². The van der Waals surface area contributed by atoms with Gasteiger partial charge in [-0.25, -0.2) is 0 Å². The van der Waals surface area contributed by atoms with Crippen LogP contribution in [0.5, 0.6) is 0 Å². The van der Waals surface area contributed by atoms with Gasteiger partial charge < -0.3 is 9.64 Å². The minimum Gasteiger partial charge on any atom is -0.378 e. The first-order valence-electron chi connectivity index (χ1n) is 7.72. The summed E-state index contributed by atoms with van der Waals surface area (Å²) >= 11 is 0.